The maximum Gasteiger partial charge on any atom is 0.228 e. The molecule has 1 aromatic rings. The Balaban J connectivity index is 1.46. The first-order valence-corrected chi connectivity index (χ1v) is 9.87. The van der Waals surface area contributed by atoms with Gasteiger partial charge in [-0.2, -0.15) is 0 Å². The highest BCUT2D eigenvalue weighted by molar-refractivity contribution is 7.13. The number of aliphatic hydroxyl groups excluding tert-OH is 1. The molecule has 0 bridgehead atoms. The number of aliphatic hydroxyl groups is 1. The van der Waals surface area contributed by atoms with Gasteiger partial charge in [-0.1, -0.05) is 0 Å². The second kappa shape index (κ2) is 9.40. The number of amides is 2. The standard InChI is InChI=1S/C17H25N3O5S/c21-10-14-13(19-16(23)11-3-6-24-7-4-11)2-1-12(25-14)9-15(22)20-17-18-5-8-26-17/h5,8,11-14,21H,1-4,6-7,9-10H2,(H,19,23)(H,18,20,22)/t12-,13-,14-/m0/s1. The first-order valence-electron chi connectivity index (χ1n) is 8.99. The summed E-state index contributed by atoms with van der Waals surface area (Å²) in [6.07, 6.45) is 3.84. The van der Waals surface area contributed by atoms with Crippen LogP contribution >= 0.6 is 11.3 Å². The van der Waals surface area contributed by atoms with Crippen molar-refractivity contribution in [1.29, 1.82) is 0 Å². The van der Waals surface area contributed by atoms with Crippen molar-refractivity contribution in [3.63, 3.8) is 0 Å². The fraction of sp³-hybridized carbons (Fsp3) is 0.706. The number of aromatic nitrogens is 1. The van der Waals surface area contributed by atoms with Gasteiger partial charge in [-0.05, 0) is 25.7 Å². The molecule has 26 heavy (non-hydrogen) atoms. The van der Waals surface area contributed by atoms with Crippen LogP contribution in [-0.4, -0.2) is 60.0 Å². The highest BCUT2D eigenvalue weighted by Gasteiger charge is 2.34. The number of nitrogens with zero attached hydrogens (tertiary/aromatic N) is 1. The largest absolute Gasteiger partial charge is 0.394 e. The zero-order valence-corrected chi connectivity index (χ0v) is 15.4. The molecule has 3 heterocycles. The summed E-state index contributed by atoms with van der Waals surface area (Å²) in [5, 5.41) is 17.7. The van der Waals surface area contributed by atoms with Crippen LogP contribution in [0.15, 0.2) is 11.6 Å². The third-order valence-corrected chi connectivity index (χ3v) is 5.50. The third kappa shape index (κ3) is 5.23. The van der Waals surface area contributed by atoms with Crippen LogP contribution in [0.4, 0.5) is 5.13 Å². The van der Waals surface area contributed by atoms with E-state index in [1.54, 1.807) is 11.6 Å². The molecule has 3 N–H and O–H groups in total. The van der Waals surface area contributed by atoms with Gasteiger partial charge in [0.2, 0.25) is 11.8 Å². The fourth-order valence-corrected chi connectivity index (χ4v) is 3.91. The molecule has 1 aromatic heterocycles. The normalized spacial score (nSPS) is 27.0. The molecule has 0 saturated carbocycles. The molecule has 8 nitrogen and oxygen atoms in total. The van der Waals surface area contributed by atoms with Crippen LogP contribution < -0.4 is 10.6 Å². The average Bonchev–Trinajstić information content (AvgIpc) is 3.16. The van der Waals surface area contributed by atoms with E-state index >= 15 is 0 Å². The van der Waals surface area contributed by atoms with Crippen LogP contribution in [-0.2, 0) is 19.1 Å². The van der Waals surface area contributed by atoms with Gasteiger partial charge in [-0.25, -0.2) is 4.98 Å². The first-order chi connectivity index (χ1) is 12.7. The van der Waals surface area contributed by atoms with Crippen LogP contribution in [0, 0.1) is 5.92 Å². The van der Waals surface area contributed by atoms with Crippen molar-refractivity contribution in [3.8, 4) is 0 Å². The summed E-state index contributed by atoms with van der Waals surface area (Å²) in [4.78, 5) is 28.5. The molecule has 2 fully saturated rings. The summed E-state index contributed by atoms with van der Waals surface area (Å²) in [7, 11) is 0. The molecule has 144 valence electrons. The lowest BCUT2D eigenvalue weighted by Crippen LogP contribution is -2.52. The van der Waals surface area contributed by atoms with Gasteiger partial charge < -0.3 is 25.2 Å². The SMILES string of the molecule is O=C(C[C@@H]1CC[C@H](NC(=O)C2CCOCC2)[C@H](CO)O1)Nc1nccs1. The topological polar surface area (TPSA) is 110 Å². The summed E-state index contributed by atoms with van der Waals surface area (Å²) in [6.45, 7) is 1.03. The molecule has 3 rings (SSSR count). The Morgan fingerprint density at radius 3 is 2.77 bits per heavy atom. The van der Waals surface area contributed by atoms with E-state index in [0.29, 0.717) is 31.2 Å². The van der Waals surface area contributed by atoms with E-state index in [4.69, 9.17) is 9.47 Å². The molecule has 2 amide bonds. The van der Waals surface area contributed by atoms with Crippen LogP contribution in [0.25, 0.3) is 0 Å². The maximum atomic E-state index is 12.4. The third-order valence-electron chi connectivity index (χ3n) is 4.81. The number of nitrogens with one attached hydrogen (secondary N) is 2. The number of carbonyl (C=O) groups is 2. The molecule has 0 aliphatic carbocycles. The highest BCUT2D eigenvalue weighted by Crippen LogP contribution is 2.24. The van der Waals surface area contributed by atoms with Crippen molar-refractivity contribution < 1.29 is 24.2 Å². The summed E-state index contributed by atoms with van der Waals surface area (Å²) in [5.41, 5.74) is 0. The molecule has 0 aromatic carbocycles. The van der Waals surface area contributed by atoms with E-state index in [9.17, 15) is 14.7 Å². The summed E-state index contributed by atoms with van der Waals surface area (Å²) in [6, 6.07) is -0.228. The Hall–Kier alpha value is -1.55. The Morgan fingerprint density at radius 2 is 2.08 bits per heavy atom. The molecule has 9 heteroatoms. The van der Waals surface area contributed by atoms with Crippen molar-refractivity contribution in [1.82, 2.24) is 10.3 Å². The van der Waals surface area contributed by atoms with Gasteiger partial charge in [-0.3, -0.25) is 9.59 Å². The van der Waals surface area contributed by atoms with Crippen LogP contribution in [0.3, 0.4) is 0 Å². The predicted octanol–water partition coefficient (Wildman–Crippen LogP) is 0.923. The molecule has 2 saturated heterocycles. The zero-order valence-electron chi connectivity index (χ0n) is 14.6. The molecule has 0 unspecified atom stereocenters. The monoisotopic (exact) mass is 383 g/mol. The van der Waals surface area contributed by atoms with Crippen LogP contribution in [0.2, 0.25) is 0 Å². The van der Waals surface area contributed by atoms with Crippen LogP contribution in [0.5, 0.6) is 0 Å². The first kappa shape index (κ1) is 19.2. The Kier molecular flexibility index (Phi) is 6.95. The number of anilines is 1. The quantitative estimate of drug-likeness (QED) is 0.674. The minimum atomic E-state index is -0.495. The Labute approximate surface area is 156 Å². The second-order valence-corrected chi connectivity index (χ2v) is 7.54. The molecular formula is C17H25N3O5S. The van der Waals surface area contributed by atoms with E-state index < -0.39 is 6.10 Å². The number of hydrogen-bond donors (Lipinski definition) is 3. The highest BCUT2D eigenvalue weighted by atomic mass is 32.1. The van der Waals surface area contributed by atoms with Gasteiger partial charge in [0.05, 0.1) is 25.2 Å². The number of hydrogen-bond acceptors (Lipinski definition) is 7. The smallest absolute Gasteiger partial charge is 0.228 e. The average molecular weight is 383 g/mol. The van der Waals surface area contributed by atoms with Crippen LogP contribution in [0.1, 0.15) is 32.1 Å². The van der Waals surface area contributed by atoms with E-state index in [-0.39, 0.29) is 42.9 Å². The predicted molar refractivity (Wildman–Crippen MR) is 95.8 cm³/mol. The van der Waals surface area contributed by atoms with Gasteiger partial charge >= 0.3 is 0 Å². The van der Waals surface area contributed by atoms with E-state index in [1.807, 2.05) is 0 Å². The number of ether oxygens (including phenoxy) is 2. The number of thiazole rings is 1. The summed E-state index contributed by atoms with van der Waals surface area (Å²) >= 11 is 1.36. The maximum absolute atomic E-state index is 12.4. The molecule has 3 atom stereocenters. The minimum Gasteiger partial charge on any atom is -0.394 e. The van der Waals surface area contributed by atoms with Crippen molar-refractivity contribution in [2.24, 2.45) is 5.92 Å². The van der Waals surface area contributed by atoms with Crippen molar-refractivity contribution in [3.05, 3.63) is 11.6 Å². The van der Waals surface area contributed by atoms with Crippen molar-refractivity contribution in [2.45, 2.75) is 50.4 Å². The zero-order chi connectivity index (χ0) is 18.4. The summed E-state index contributed by atoms with van der Waals surface area (Å²) < 4.78 is 11.1. The van der Waals surface area contributed by atoms with Crippen molar-refractivity contribution >= 4 is 28.3 Å². The van der Waals surface area contributed by atoms with E-state index in [1.165, 1.54) is 11.3 Å². The van der Waals surface area contributed by atoms with Crippen molar-refractivity contribution in [2.75, 3.05) is 25.1 Å². The number of carbonyl (C=O) groups excluding carboxylic acids is 2. The lowest BCUT2D eigenvalue weighted by atomic mass is 9.94. The summed E-state index contributed by atoms with van der Waals surface area (Å²) in [5.74, 6) is -0.198. The van der Waals surface area contributed by atoms with Gasteiger partial charge in [0.25, 0.3) is 0 Å². The van der Waals surface area contributed by atoms with E-state index in [2.05, 4.69) is 15.6 Å². The van der Waals surface area contributed by atoms with Gasteiger partial charge in [0.15, 0.2) is 5.13 Å². The van der Waals surface area contributed by atoms with Gasteiger partial charge in [0.1, 0.15) is 6.10 Å². The Bertz CT molecular complexity index is 591. The molecular weight excluding hydrogens is 358 g/mol. The molecule has 2 aliphatic heterocycles. The van der Waals surface area contributed by atoms with E-state index in [0.717, 1.165) is 12.8 Å². The second-order valence-electron chi connectivity index (χ2n) is 6.65. The molecule has 2 aliphatic rings. The molecule has 0 spiro atoms. The van der Waals surface area contributed by atoms with Gasteiger partial charge in [-0.15, -0.1) is 11.3 Å². The Morgan fingerprint density at radius 1 is 1.27 bits per heavy atom. The fourth-order valence-electron chi connectivity index (χ4n) is 3.37. The van der Waals surface area contributed by atoms with Gasteiger partial charge in [0, 0.05) is 30.7 Å². The minimum absolute atomic E-state index is 0.000290. The molecule has 0 radical (unpaired) electrons. The lowest BCUT2D eigenvalue weighted by molar-refractivity contribution is -0.137. The number of rotatable bonds is 6. The lowest BCUT2D eigenvalue weighted by Gasteiger charge is -2.36.